The monoisotopic (exact) mass is 174 g/mol. The topological polar surface area (TPSA) is 46.5 Å². The zero-order valence-corrected chi connectivity index (χ0v) is 8.34. The number of aliphatic carboxylic acids is 1. The van der Waals surface area contributed by atoms with Gasteiger partial charge in [-0.15, -0.1) is 0 Å². The van der Waals surface area contributed by atoms with E-state index >= 15 is 0 Å². The number of hydrogen-bond acceptors (Lipinski definition) is 2. The van der Waals surface area contributed by atoms with Crippen LogP contribution in [-0.4, -0.2) is 19.4 Å². The van der Waals surface area contributed by atoms with E-state index in [1.165, 1.54) is 6.08 Å². The highest BCUT2D eigenvalue weighted by molar-refractivity contribution is 6.70. The summed E-state index contributed by atoms with van der Waals surface area (Å²) in [4.78, 5) is 10.4. The van der Waals surface area contributed by atoms with E-state index < -0.39 is 14.3 Å². The van der Waals surface area contributed by atoms with Gasteiger partial charge in [0.15, 0.2) is 5.76 Å². The molecule has 0 saturated heterocycles. The fourth-order valence-corrected chi connectivity index (χ4v) is 1.42. The molecule has 0 aliphatic carbocycles. The summed E-state index contributed by atoms with van der Waals surface area (Å²) in [5, 5.41) is 8.57. The molecule has 0 heterocycles. The van der Waals surface area contributed by atoms with Crippen LogP contribution in [0.1, 0.15) is 6.92 Å². The molecule has 64 valence electrons. The summed E-state index contributed by atoms with van der Waals surface area (Å²) in [5.74, 6) is -0.931. The molecule has 0 bridgehead atoms. The van der Waals surface area contributed by atoms with Gasteiger partial charge in [0.2, 0.25) is 8.32 Å². The van der Waals surface area contributed by atoms with Crippen molar-refractivity contribution in [1.82, 2.24) is 0 Å². The maximum atomic E-state index is 10.4. The van der Waals surface area contributed by atoms with E-state index in [0.29, 0.717) is 0 Å². The maximum Gasteiger partial charge on any atom is 0.369 e. The van der Waals surface area contributed by atoms with Crippen LogP contribution >= 0.6 is 0 Å². The summed E-state index contributed by atoms with van der Waals surface area (Å²) >= 11 is 0. The second-order valence-corrected chi connectivity index (χ2v) is 7.60. The first-order chi connectivity index (χ1) is 4.87. The molecule has 0 unspecified atom stereocenters. The van der Waals surface area contributed by atoms with E-state index in [0.717, 1.165) is 0 Å². The van der Waals surface area contributed by atoms with Crippen LogP contribution < -0.4 is 0 Å². The molecular formula is C7H14O3Si. The van der Waals surface area contributed by atoms with Crippen molar-refractivity contribution in [3.05, 3.63) is 11.8 Å². The summed E-state index contributed by atoms with van der Waals surface area (Å²) in [7, 11) is -1.75. The van der Waals surface area contributed by atoms with Gasteiger partial charge in [0.25, 0.3) is 0 Å². The highest BCUT2D eigenvalue weighted by Gasteiger charge is 2.20. The van der Waals surface area contributed by atoms with E-state index in [1.807, 2.05) is 19.6 Å². The molecule has 0 aromatic carbocycles. The predicted molar refractivity (Wildman–Crippen MR) is 45.8 cm³/mol. The molecule has 3 nitrogen and oxygen atoms in total. The van der Waals surface area contributed by atoms with Crippen LogP contribution in [0.5, 0.6) is 0 Å². The quantitative estimate of drug-likeness (QED) is 0.403. The Morgan fingerprint density at radius 3 is 2.00 bits per heavy atom. The van der Waals surface area contributed by atoms with Crippen LogP contribution in [0.4, 0.5) is 0 Å². The second kappa shape index (κ2) is 3.57. The SMILES string of the molecule is CC=C(O[Si](C)(C)C)C(=O)O. The standard InChI is InChI=1S/C7H14O3Si/c1-5-6(7(8)9)10-11(2,3)4/h5H,1-4H3,(H,8,9). The fourth-order valence-electron chi connectivity index (χ4n) is 0.556. The second-order valence-electron chi connectivity index (χ2n) is 3.17. The molecule has 0 atom stereocenters. The lowest BCUT2D eigenvalue weighted by Crippen LogP contribution is -2.27. The third kappa shape index (κ3) is 4.61. The van der Waals surface area contributed by atoms with Crippen molar-refractivity contribution in [2.75, 3.05) is 0 Å². The van der Waals surface area contributed by atoms with Crippen LogP contribution in [0.2, 0.25) is 19.6 Å². The molecule has 11 heavy (non-hydrogen) atoms. The highest BCUT2D eigenvalue weighted by atomic mass is 28.4. The average Bonchev–Trinajstić information content (AvgIpc) is 1.80. The Morgan fingerprint density at radius 2 is 1.91 bits per heavy atom. The van der Waals surface area contributed by atoms with Crippen molar-refractivity contribution in [2.45, 2.75) is 26.6 Å². The highest BCUT2D eigenvalue weighted by Crippen LogP contribution is 2.09. The first kappa shape index (κ1) is 10.2. The minimum absolute atomic E-state index is 0.0594. The Bertz CT molecular complexity index is 179. The first-order valence-corrected chi connectivity index (χ1v) is 6.86. The van der Waals surface area contributed by atoms with Crippen molar-refractivity contribution in [1.29, 1.82) is 0 Å². The number of carboxylic acid groups (broad SMARTS) is 1. The maximum absolute atomic E-state index is 10.4. The van der Waals surface area contributed by atoms with Crippen LogP contribution in [0.15, 0.2) is 11.8 Å². The van der Waals surface area contributed by atoms with E-state index in [2.05, 4.69) is 0 Å². The number of carbonyl (C=O) groups is 1. The molecule has 0 aliphatic rings. The van der Waals surface area contributed by atoms with Crippen molar-refractivity contribution in [3.8, 4) is 0 Å². The lowest BCUT2D eigenvalue weighted by atomic mass is 10.5. The molecule has 0 radical (unpaired) electrons. The molecule has 0 saturated carbocycles. The number of hydrogen-bond donors (Lipinski definition) is 1. The van der Waals surface area contributed by atoms with E-state index in [9.17, 15) is 4.79 Å². The van der Waals surface area contributed by atoms with Gasteiger partial charge in [-0.05, 0) is 32.6 Å². The average molecular weight is 174 g/mol. The van der Waals surface area contributed by atoms with Crippen LogP contribution in [0.3, 0.4) is 0 Å². The Labute approximate surface area is 67.8 Å². The van der Waals surface area contributed by atoms with Gasteiger partial charge >= 0.3 is 5.97 Å². The minimum atomic E-state index is -1.75. The van der Waals surface area contributed by atoms with Gasteiger partial charge in [-0.2, -0.15) is 0 Å². The molecule has 0 aromatic heterocycles. The van der Waals surface area contributed by atoms with Crippen molar-refractivity contribution in [2.24, 2.45) is 0 Å². The predicted octanol–water partition coefficient (Wildman–Crippen LogP) is 1.83. The van der Waals surface area contributed by atoms with Gasteiger partial charge in [-0.1, -0.05) is 0 Å². The summed E-state index contributed by atoms with van der Waals surface area (Å²) < 4.78 is 5.25. The van der Waals surface area contributed by atoms with Crippen molar-refractivity contribution < 1.29 is 14.3 Å². The zero-order valence-electron chi connectivity index (χ0n) is 7.34. The molecule has 0 amide bonds. The zero-order chi connectivity index (χ0) is 9.07. The third-order valence-electron chi connectivity index (χ3n) is 0.889. The number of rotatable bonds is 3. The molecule has 4 heteroatoms. The van der Waals surface area contributed by atoms with Gasteiger partial charge in [0.1, 0.15) is 0 Å². The molecule has 0 rings (SSSR count). The van der Waals surface area contributed by atoms with Gasteiger partial charge in [-0.3, -0.25) is 0 Å². The van der Waals surface area contributed by atoms with Crippen molar-refractivity contribution >= 4 is 14.3 Å². The summed E-state index contributed by atoms with van der Waals surface area (Å²) in [6.45, 7) is 7.49. The van der Waals surface area contributed by atoms with E-state index in [1.54, 1.807) is 6.92 Å². The summed E-state index contributed by atoms with van der Waals surface area (Å²) in [5.41, 5.74) is 0. The summed E-state index contributed by atoms with van der Waals surface area (Å²) in [6, 6.07) is 0. The lowest BCUT2D eigenvalue weighted by Gasteiger charge is -2.18. The number of allylic oxidation sites excluding steroid dienone is 1. The normalized spacial score (nSPS) is 12.9. The van der Waals surface area contributed by atoms with Gasteiger partial charge < -0.3 is 9.53 Å². The summed E-state index contributed by atoms with van der Waals surface area (Å²) in [6.07, 6.45) is 1.47. The Morgan fingerprint density at radius 1 is 1.45 bits per heavy atom. The Balaban J connectivity index is 4.24. The smallest absolute Gasteiger partial charge is 0.369 e. The lowest BCUT2D eigenvalue weighted by molar-refractivity contribution is -0.135. The van der Waals surface area contributed by atoms with Gasteiger partial charge in [-0.25, -0.2) is 4.79 Å². The molecule has 0 fully saturated rings. The number of carboxylic acids is 1. The van der Waals surface area contributed by atoms with Crippen LogP contribution in [-0.2, 0) is 9.22 Å². The first-order valence-electron chi connectivity index (χ1n) is 3.45. The molecular weight excluding hydrogens is 160 g/mol. The van der Waals surface area contributed by atoms with Gasteiger partial charge in [0, 0.05) is 0 Å². The molecule has 0 spiro atoms. The van der Waals surface area contributed by atoms with E-state index in [-0.39, 0.29) is 5.76 Å². The molecule has 1 N–H and O–H groups in total. The largest absolute Gasteiger partial charge is 0.540 e. The van der Waals surface area contributed by atoms with Crippen LogP contribution in [0.25, 0.3) is 0 Å². The van der Waals surface area contributed by atoms with Crippen molar-refractivity contribution in [3.63, 3.8) is 0 Å². The fraction of sp³-hybridized carbons (Fsp3) is 0.571. The van der Waals surface area contributed by atoms with E-state index in [4.69, 9.17) is 9.53 Å². The van der Waals surface area contributed by atoms with Gasteiger partial charge in [0.05, 0.1) is 0 Å². The Kier molecular flexibility index (Phi) is 3.32. The Hall–Kier alpha value is -0.773. The minimum Gasteiger partial charge on any atom is -0.540 e. The molecule has 0 aromatic rings. The molecule has 0 aliphatic heterocycles. The third-order valence-corrected chi connectivity index (χ3v) is 1.72. The van der Waals surface area contributed by atoms with Crippen LogP contribution in [0, 0.1) is 0 Å².